The van der Waals surface area contributed by atoms with Crippen LogP contribution in [-0.4, -0.2) is 31.2 Å². The van der Waals surface area contributed by atoms with Crippen LogP contribution in [0.5, 0.6) is 0 Å². The van der Waals surface area contributed by atoms with Gasteiger partial charge in [0.1, 0.15) is 0 Å². The highest BCUT2D eigenvalue weighted by atomic mass is 35.5. The van der Waals surface area contributed by atoms with Gasteiger partial charge in [-0.3, -0.25) is 5.32 Å². The number of carboxylic acid groups (broad SMARTS) is 1. The number of nitrogens with zero attached hydrogens (tertiary/aromatic N) is 4. The highest BCUT2D eigenvalue weighted by molar-refractivity contribution is 5.86. The van der Waals surface area contributed by atoms with Crippen LogP contribution in [-0.2, 0) is 7.05 Å². The molecule has 0 unspecified atom stereocenters. The molecule has 0 bridgehead atoms. The van der Waals surface area contributed by atoms with Crippen molar-refractivity contribution in [2.75, 3.05) is 11.1 Å². The summed E-state index contributed by atoms with van der Waals surface area (Å²) < 4.78 is 1.33. The van der Waals surface area contributed by atoms with Gasteiger partial charge in [-0.1, -0.05) is 5.21 Å². The summed E-state index contributed by atoms with van der Waals surface area (Å²) in [6.07, 6.45) is -1.19. The fourth-order valence-electron chi connectivity index (χ4n) is 1.47. The molecule has 0 radical (unpaired) electrons. The number of nitrogens with one attached hydrogen (secondary N) is 1. The van der Waals surface area contributed by atoms with Crippen LogP contribution in [0, 0.1) is 6.92 Å². The molecule has 0 saturated carbocycles. The number of halogens is 1. The van der Waals surface area contributed by atoms with E-state index in [1.807, 2.05) is 0 Å². The van der Waals surface area contributed by atoms with Crippen molar-refractivity contribution in [3.05, 3.63) is 17.8 Å². The average molecular weight is 285 g/mol. The molecule has 8 nitrogen and oxygen atoms in total. The molecule has 0 saturated heterocycles. The van der Waals surface area contributed by atoms with E-state index in [0.717, 1.165) is 0 Å². The van der Waals surface area contributed by atoms with E-state index in [0.29, 0.717) is 22.8 Å². The molecule has 4 N–H and O–H groups in total. The fourth-order valence-corrected chi connectivity index (χ4v) is 1.47. The molecule has 2 rings (SSSR count). The third-order valence-corrected chi connectivity index (χ3v) is 2.42. The van der Waals surface area contributed by atoms with E-state index in [4.69, 9.17) is 10.8 Å². The Labute approximate surface area is 115 Å². The zero-order valence-corrected chi connectivity index (χ0v) is 11.1. The molecule has 0 aromatic carbocycles. The third kappa shape index (κ3) is 2.91. The van der Waals surface area contributed by atoms with Crippen LogP contribution in [0.15, 0.2) is 12.1 Å². The van der Waals surface area contributed by atoms with Crippen LogP contribution in [0.25, 0.3) is 11.4 Å². The lowest BCUT2D eigenvalue weighted by atomic mass is 10.2. The Morgan fingerprint density at radius 1 is 1.47 bits per heavy atom. The van der Waals surface area contributed by atoms with Crippen molar-refractivity contribution in [1.82, 2.24) is 20.0 Å². The van der Waals surface area contributed by atoms with E-state index in [-0.39, 0.29) is 18.2 Å². The first kappa shape index (κ1) is 14.7. The van der Waals surface area contributed by atoms with E-state index in [2.05, 4.69) is 20.6 Å². The summed E-state index contributed by atoms with van der Waals surface area (Å²) in [4.78, 5) is 15.0. The summed E-state index contributed by atoms with van der Waals surface area (Å²) in [5, 5.41) is 18.7. The first-order chi connectivity index (χ1) is 8.49. The van der Waals surface area contributed by atoms with Gasteiger partial charge in [-0.2, -0.15) is 0 Å². The third-order valence-electron chi connectivity index (χ3n) is 2.42. The maximum absolute atomic E-state index is 10.7. The molecule has 1 amide bonds. The predicted octanol–water partition coefficient (Wildman–Crippen LogP) is 1.28. The topological polar surface area (TPSA) is 119 Å². The molecule has 2 aromatic heterocycles. The molecule has 0 aliphatic heterocycles. The van der Waals surface area contributed by atoms with E-state index in [9.17, 15) is 4.79 Å². The van der Waals surface area contributed by atoms with Crippen molar-refractivity contribution in [1.29, 1.82) is 0 Å². The Bertz CT molecular complexity index is 612. The maximum atomic E-state index is 10.7. The van der Waals surface area contributed by atoms with E-state index in [1.54, 1.807) is 26.1 Å². The first-order valence-corrected chi connectivity index (χ1v) is 5.12. The van der Waals surface area contributed by atoms with Crippen LogP contribution >= 0.6 is 12.4 Å². The van der Waals surface area contributed by atoms with Crippen LogP contribution in [0.2, 0.25) is 0 Å². The molecule has 19 heavy (non-hydrogen) atoms. The number of carbonyl (C=O) groups is 1. The first-order valence-electron chi connectivity index (χ1n) is 5.12. The largest absolute Gasteiger partial charge is 0.465 e. The lowest BCUT2D eigenvalue weighted by Gasteiger charge is -2.05. The van der Waals surface area contributed by atoms with Gasteiger partial charge in [-0.25, -0.2) is 14.5 Å². The molecule has 9 heteroatoms. The fraction of sp³-hybridized carbons (Fsp3) is 0.200. The zero-order valence-electron chi connectivity index (χ0n) is 10.3. The van der Waals surface area contributed by atoms with Crippen LogP contribution in [0.3, 0.4) is 0 Å². The van der Waals surface area contributed by atoms with E-state index < -0.39 is 6.09 Å². The second-order valence-corrected chi connectivity index (χ2v) is 3.71. The summed E-state index contributed by atoms with van der Waals surface area (Å²) in [5.41, 5.74) is 7.77. The van der Waals surface area contributed by atoms with E-state index in [1.165, 1.54) is 4.68 Å². The van der Waals surface area contributed by atoms with Gasteiger partial charge in [0.2, 0.25) is 0 Å². The van der Waals surface area contributed by atoms with Gasteiger partial charge in [-0.15, -0.1) is 17.5 Å². The molecular weight excluding hydrogens is 272 g/mol. The number of hydrogen-bond acceptors (Lipinski definition) is 5. The van der Waals surface area contributed by atoms with Gasteiger partial charge in [-0.05, 0) is 19.1 Å². The highest BCUT2D eigenvalue weighted by Crippen LogP contribution is 2.24. The lowest BCUT2D eigenvalue weighted by molar-refractivity contribution is 0.209. The lowest BCUT2D eigenvalue weighted by Crippen LogP contribution is -2.12. The van der Waals surface area contributed by atoms with Gasteiger partial charge in [0.15, 0.2) is 11.5 Å². The highest BCUT2D eigenvalue weighted by Gasteiger charge is 2.16. The Kier molecular flexibility index (Phi) is 4.28. The van der Waals surface area contributed by atoms with E-state index >= 15 is 0 Å². The van der Waals surface area contributed by atoms with Gasteiger partial charge in [0.25, 0.3) is 0 Å². The number of aromatic nitrogens is 4. The summed E-state index contributed by atoms with van der Waals surface area (Å²) in [6.45, 7) is 1.76. The Balaban J connectivity index is 0.00000180. The number of amides is 1. The zero-order chi connectivity index (χ0) is 13.3. The number of rotatable bonds is 2. The molecular formula is C10H13ClN6O2. The Hall–Kier alpha value is -2.35. The smallest absolute Gasteiger partial charge is 0.410 e. The minimum absolute atomic E-state index is 0. The Morgan fingerprint density at radius 2 is 2.16 bits per heavy atom. The number of anilines is 2. The molecule has 102 valence electrons. The van der Waals surface area contributed by atoms with Crippen molar-refractivity contribution in [2.24, 2.45) is 7.05 Å². The van der Waals surface area contributed by atoms with Crippen LogP contribution < -0.4 is 11.1 Å². The Morgan fingerprint density at radius 3 is 2.74 bits per heavy atom. The minimum atomic E-state index is -1.19. The number of nitrogen functional groups attached to an aromatic ring is 1. The molecule has 0 atom stereocenters. The van der Waals surface area contributed by atoms with Crippen molar-refractivity contribution in [3.8, 4) is 11.4 Å². The second-order valence-electron chi connectivity index (χ2n) is 3.71. The summed E-state index contributed by atoms with van der Waals surface area (Å²) in [5.74, 6) is 0.263. The molecule has 0 aliphatic rings. The average Bonchev–Trinajstić information content (AvgIpc) is 2.64. The second kappa shape index (κ2) is 5.53. The van der Waals surface area contributed by atoms with Crippen LogP contribution in [0.4, 0.5) is 16.3 Å². The predicted molar refractivity (Wildman–Crippen MR) is 72.3 cm³/mol. The number of pyridine rings is 1. The quantitative estimate of drug-likeness (QED) is 0.764. The summed E-state index contributed by atoms with van der Waals surface area (Å²) in [6, 6.07) is 3.36. The van der Waals surface area contributed by atoms with Crippen molar-refractivity contribution in [2.45, 2.75) is 6.92 Å². The maximum Gasteiger partial charge on any atom is 0.410 e. The number of hydrogen-bond donors (Lipinski definition) is 3. The molecule has 2 heterocycles. The number of nitrogens with two attached hydrogens (primary N) is 1. The van der Waals surface area contributed by atoms with Gasteiger partial charge >= 0.3 is 6.09 Å². The van der Waals surface area contributed by atoms with Crippen molar-refractivity contribution < 1.29 is 9.90 Å². The minimum Gasteiger partial charge on any atom is -0.465 e. The normalized spacial score (nSPS) is 9.79. The summed E-state index contributed by atoms with van der Waals surface area (Å²) >= 11 is 0. The monoisotopic (exact) mass is 284 g/mol. The summed E-state index contributed by atoms with van der Waals surface area (Å²) in [7, 11) is 1.59. The standard InChI is InChI=1S/C10H12N6O2.ClH/c1-5-6(11)3-4-7(12-5)8-9(13-10(17)18)16(2)15-14-8;/h3-4,13H,11H2,1-2H3,(H,17,18);1H. The van der Waals surface area contributed by atoms with Crippen molar-refractivity contribution >= 4 is 30.0 Å². The number of aryl methyl sites for hydroxylation is 2. The molecule has 0 spiro atoms. The van der Waals surface area contributed by atoms with Gasteiger partial charge in [0, 0.05) is 7.05 Å². The van der Waals surface area contributed by atoms with Gasteiger partial charge < -0.3 is 10.8 Å². The van der Waals surface area contributed by atoms with Crippen molar-refractivity contribution in [3.63, 3.8) is 0 Å². The molecule has 0 aliphatic carbocycles. The molecule has 2 aromatic rings. The van der Waals surface area contributed by atoms with Gasteiger partial charge in [0.05, 0.1) is 17.1 Å². The van der Waals surface area contributed by atoms with Crippen LogP contribution in [0.1, 0.15) is 5.69 Å². The SMILES string of the molecule is Cc1nc(-c2nnn(C)c2NC(=O)O)ccc1N.Cl. The molecule has 0 fully saturated rings.